The van der Waals surface area contributed by atoms with E-state index in [1.165, 1.54) is 14.2 Å². The first-order valence-corrected chi connectivity index (χ1v) is 8.37. The van der Waals surface area contributed by atoms with Crippen molar-refractivity contribution in [1.29, 1.82) is 0 Å². The molecule has 2 aromatic carbocycles. The largest absolute Gasteiger partial charge is 0.496 e. The monoisotopic (exact) mass is 356 g/mol. The van der Waals surface area contributed by atoms with E-state index in [-0.39, 0.29) is 11.5 Å². The van der Waals surface area contributed by atoms with Crippen LogP contribution in [-0.2, 0) is 0 Å². The van der Waals surface area contributed by atoms with Crippen LogP contribution in [0, 0.1) is 5.92 Å². The van der Waals surface area contributed by atoms with Gasteiger partial charge < -0.3 is 20.1 Å². The summed E-state index contributed by atoms with van der Waals surface area (Å²) in [7, 11) is 2.97. The van der Waals surface area contributed by atoms with Gasteiger partial charge in [0.05, 0.1) is 25.5 Å². The van der Waals surface area contributed by atoms with Crippen LogP contribution in [0.5, 0.6) is 11.5 Å². The maximum atomic E-state index is 12.8. The molecule has 6 heteroatoms. The summed E-state index contributed by atoms with van der Waals surface area (Å²) in [4.78, 5) is 25.2. The smallest absolute Gasteiger partial charge is 0.263 e. The quantitative estimate of drug-likeness (QED) is 0.798. The third kappa shape index (κ3) is 4.53. The summed E-state index contributed by atoms with van der Waals surface area (Å²) in [6.45, 7) is 4.59. The van der Waals surface area contributed by atoms with E-state index in [2.05, 4.69) is 10.6 Å². The molecule has 0 aromatic heterocycles. The molecule has 2 aromatic rings. The summed E-state index contributed by atoms with van der Waals surface area (Å²) in [5.41, 5.74) is 1.09. The second-order valence-corrected chi connectivity index (χ2v) is 6.14. The van der Waals surface area contributed by atoms with E-state index in [9.17, 15) is 9.59 Å². The SMILES string of the molecule is COc1cccc(OC)c1C(=O)Nc1ccccc1C(=O)NCC(C)C. The van der Waals surface area contributed by atoms with Gasteiger partial charge in [-0.2, -0.15) is 0 Å². The minimum absolute atomic E-state index is 0.235. The number of hydrogen-bond acceptors (Lipinski definition) is 4. The second kappa shape index (κ2) is 8.89. The van der Waals surface area contributed by atoms with Crippen molar-refractivity contribution in [3.8, 4) is 11.5 Å². The van der Waals surface area contributed by atoms with E-state index in [0.717, 1.165) is 0 Å². The average Bonchev–Trinajstić information content (AvgIpc) is 2.65. The van der Waals surface area contributed by atoms with E-state index in [4.69, 9.17) is 9.47 Å². The number of anilines is 1. The van der Waals surface area contributed by atoms with Crippen LogP contribution in [0.2, 0.25) is 0 Å². The minimum atomic E-state index is -0.414. The molecule has 0 bridgehead atoms. The highest BCUT2D eigenvalue weighted by Gasteiger charge is 2.20. The molecular weight excluding hydrogens is 332 g/mol. The normalized spacial score (nSPS) is 10.3. The Balaban J connectivity index is 2.30. The predicted octanol–water partition coefficient (Wildman–Crippen LogP) is 3.34. The Morgan fingerprint density at radius 3 is 2.12 bits per heavy atom. The first kappa shape index (κ1) is 19.3. The van der Waals surface area contributed by atoms with Crippen molar-refractivity contribution >= 4 is 17.5 Å². The minimum Gasteiger partial charge on any atom is -0.496 e. The number of methoxy groups -OCH3 is 2. The fourth-order valence-corrected chi connectivity index (χ4v) is 2.44. The maximum absolute atomic E-state index is 12.8. The number of rotatable bonds is 7. The number of carbonyl (C=O) groups is 2. The van der Waals surface area contributed by atoms with Crippen molar-refractivity contribution in [3.63, 3.8) is 0 Å². The molecule has 0 heterocycles. The molecule has 26 heavy (non-hydrogen) atoms. The van der Waals surface area contributed by atoms with Gasteiger partial charge in [0.1, 0.15) is 17.1 Å². The summed E-state index contributed by atoms with van der Waals surface area (Å²) in [5, 5.41) is 5.64. The zero-order valence-corrected chi connectivity index (χ0v) is 15.5. The summed E-state index contributed by atoms with van der Waals surface area (Å²) in [6.07, 6.45) is 0. The van der Waals surface area contributed by atoms with Gasteiger partial charge in [-0.25, -0.2) is 0 Å². The fraction of sp³-hybridized carbons (Fsp3) is 0.300. The molecule has 0 aliphatic carbocycles. The van der Waals surface area contributed by atoms with Crippen LogP contribution in [0.15, 0.2) is 42.5 Å². The molecule has 0 aliphatic heterocycles. The Kier molecular flexibility index (Phi) is 6.60. The Morgan fingerprint density at radius 1 is 0.923 bits per heavy atom. The van der Waals surface area contributed by atoms with E-state index in [0.29, 0.717) is 35.2 Å². The lowest BCUT2D eigenvalue weighted by Gasteiger charge is -2.15. The summed E-state index contributed by atoms with van der Waals surface area (Å²) in [5.74, 6) is 0.468. The van der Waals surface area contributed by atoms with Gasteiger partial charge >= 0.3 is 0 Å². The van der Waals surface area contributed by atoms with Gasteiger partial charge in [0.15, 0.2) is 0 Å². The molecule has 0 fully saturated rings. The van der Waals surface area contributed by atoms with Crippen molar-refractivity contribution in [2.45, 2.75) is 13.8 Å². The average molecular weight is 356 g/mol. The number of ether oxygens (including phenoxy) is 2. The van der Waals surface area contributed by atoms with Crippen LogP contribution in [0.3, 0.4) is 0 Å². The van der Waals surface area contributed by atoms with Gasteiger partial charge in [-0.3, -0.25) is 9.59 Å². The van der Waals surface area contributed by atoms with Crippen LogP contribution in [0.4, 0.5) is 5.69 Å². The number of nitrogens with one attached hydrogen (secondary N) is 2. The zero-order valence-electron chi connectivity index (χ0n) is 15.5. The fourth-order valence-electron chi connectivity index (χ4n) is 2.44. The van der Waals surface area contributed by atoms with Gasteiger partial charge in [0, 0.05) is 6.54 Å². The van der Waals surface area contributed by atoms with Crippen LogP contribution < -0.4 is 20.1 Å². The predicted molar refractivity (Wildman–Crippen MR) is 101 cm³/mol. The van der Waals surface area contributed by atoms with Crippen LogP contribution in [0.1, 0.15) is 34.6 Å². The molecule has 6 nitrogen and oxygen atoms in total. The first-order chi connectivity index (χ1) is 12.5. The molecule has 2 N–H and O–H groups in total. The molecule has 0 saturated heterocycles. The highest BCUT2D eigenvalue weighted by Crippen LogP contribution is 2.29. The molecule has 0 spiro atoms. The molecule has 2 rings (SSSR count). The van der Waals surface area contributed by atoms with Crippen LogP contribution >= 0.6 is 0 Å². The third-order valence-corrected chi connectivity index (χ3v) is 3.75. The van der Waals surface area contributed by atoms with E-state index >= 15 is 0 Å². The molecule has 0 atom stereocenters. The van der Waals surface area contributed by atoms with Gasteiger partial charge in [-0.1, -0.05) is 32.0 Å². The summed E-state index contributed by atoms with van der Waals surface area (Å²) >= 11 is 0. The maximum Gasteiger partial charge on any atom is 0.263 e. The number of amides is 2. The molecule has 0 aliphatic rings. The van der Waals surface area contributed by atoms with Crippen molar-refractivity contribution in [2.75, 3.05) is 26.1 Å². The zero-order chi connectivity index (χ0) is 19.1. The number of benzene rings is 2. The van der Waals surface area contributed by atoms with Crippen molar-refractivity contribution < 1.29 is 19.1 Å². The highest BCUT2D eigenvalue weighted by atomic mass is 16.5. The standard InChI is InChI=1S/C20H24N2O4/c1-13(2)12-21-19(23)14-8-5-6-9-15(14)22-20(24)18-16(25-3)10-7-11-17(18)26-4/h5-11,13H,12H2,1-4H3,(H,21,23)(H,22,24). The lowest BCUT2D eigenvalue weighted by molar-refractivity contribution is 0.0950. The summed E-state index contributed by atoms with van der Waals surface area (Å²) in [6, 6.07) is 12.0. The Hall–Kier alpha value is -3.02. The highest BCUT2D eigenvalue weighted by molar-refractivity contribution is 6.11. The number of carbonyl (C=O) groups excluding carboxylic acids is 2. The van der Waals surface area contributed by atoms with Crippen molar-refractivity contribution in [2.24, 2.45) is 5.92 Å². The lowest BCUT2D eigenvalue weighted by atomic mass is 10.1. The molecule has 0 unspecified atom stereocenters. The third-order valence-electron chi connectivity index (χ3n) is 3.75. The van der Waals surface area contributed by atoms with E-state index in [1.807, 2.05) is 13.8 Å². The topological polar surface area (TPSA) is 76.7 Å². The van der Waals surface area contributed by atoms with Gasteiger partial charge in [-0.05, 0) is 30.2 Å². The number of para-hydroxylation sites is 1. The van der Waals surface area contributed by atoms with Crippen molar-refractivity contribution in [1.82, 2.24) is 5.32 Å². The molecule has 2 amide bonds. The van der Waals surface area contributed by atoms with Gasteiger partial charge in [0.2, 0.25) is 0 Å². The lowest BCUT2D eigenvalue weighted by Crippen LogP contribution is -2.28. The van der Waals surface area contributed by atoms with Crippen LogP contribution in [0.25, 0.3) is 0 Å². The molecule has 0 saturated carbocycles. The Labute approximate surface area is 153 Å². The van der Waals surface area contributed by atoms with Gasteiger partial charge in [0.25, 0.3) is 11.8 Å². The second-order valence-electron chi connectivity index (χ2n) is 6.14. The molecule has 138 valence electrons. The Morgan fingerprint density at radius 2 is 1.54 bits per heavy atom. The molecular formula is C20H24N2O4. The Bertz CT molecular complexity index is 765. The molecule has 0 radical (unpaired) electrons. The van der Waals surface area contributed by atoms with Crippen molar-refractivity contribution in [3.05, 3.63) is 53.6 Å². The van der Waals surface area contributed by atoms with E-state index in [1.54, 1.807) is 42.5 Å². The number of hydrogen-bond donors (Lipinski definition) is 2. The summed E-state index contributed by atoms with van der Waals surface area (Å²) < 4.78 is 10.5. The van der Waals surface area contributed by atoms with E-state index < -0.39 is 5.91 Å². The van der Waals surface area contributed by atoms with Gasteiger partial charge in [-0.15, -0.1) is 0 Å². The van der Waals surface area contributed by atoms with Crippen LogP contribution in [-0.4, -0.2) is 32.6 Å². The first-order valence-electron chi connectivity index (χ1n) is 8.37.